The number of aromatic nitrogens is 1. The molecule has 2 fully saturated rings. The molecule has 0 saturated carbocycles. The van der Waals surface area contributed by atoms with Crippen LogP contribution in [0.15, 0.2) is 52.1 Å². The number of piperazine rings is 1. The second kappa shape index (κ2) is 10.3. The molecule has 37 heavy (non-hydrogen) atoms. The number of fused-ring (bicyclic) bond motifs is 1. The molecule has 0 radical (unpaired) electrons. The molecule has 4 heterocycles. The zero-order valence-electron chi connectivity index (χ0n) is 20.6. The number of anilines is 1. The number of benzene rings is 1. The van der Waals surface area contributed by atoms with E-state index in [-0.39, 0.29) is 24.5 Å². The number of amidine groups is 1. The van der Waals surface area contributed by atoms with Gasteiger partial charge in [0.1, 0.15) is 0 Å². The number of amides is 2. The number of nitrogens with one attached hydrogen (secondary N) is 1. The lowest BCUT2D eigenvalue weighted by molar-refractivity contribution is -0.137. The van der Waals surface area contributed by atoms with E-state index in [1.54, 1.807) is 29.3 Å². The van der Waals surface area contributed by atoms with Crippen LogP contribution in [0, 0.1) is 0 Å². The maximum Gasteiger partial charge on any atom is 0.337 e. The number of thiazole rings is 1. The molecule has 3 aliphatic rings. The number of hydrogen-bond donors (Lipinski definition) is 2. The first-order valence-electron chi connectivity index (χ1n) is 12.0. The van der Waals surface area contributed by atoms with Crippen molar-refractivity contribution in [1.29, 1.82) is 0 Å². The number of ether oxygens (including phenoxy) is 1. The van der Waals surface area contributed by atoms with Crippen molar-refractivity contribution in [3.05, 3.63) is 57.7 Å². The maximum atomic E-state index is 13.2. The number of aliphatic imine (C=N–C) groups is 1. The number of methoxy groups -OCH3 is 1. The number of rotatable bonds is 7. The predicted octanol–water partition coefficient (Wildman–Crippen LogP) is 1.56. The third-order valence-electron chi connectivity index (χ3n) is 6.77. The third-order valence-corrected chi connectivity index (χ3v) is 7.55. The Bertz CT molecular complexity index is 1280. The summed E-state index contributed by atoms with van der Waals surface area (Å²) in [6.45, 7) is 4.68. The van der Waals surface area contributed by atoms with Crippen LogP contribution in [-0.4, -0.2) is 95.6 Å². The lowest BCUT2D eigenvalue weighted by atomic mass is 10.0. The zero-order chi connectivity index (χ0) is 26.1. The minimum absolute atomic E-state index is 0.0281. The fourth-order valence-electron chi connectivity index (χ4n) is 5.09. The summed E-state index contributed by atoms with van der Waals surface area (Å²) in [4.78, 5) is 51.7. The molecule has 2 N–H and O–H groups in total. The van der Waals surface area contributed by atoms with Crippen LogP contribution in [0.1, 0.15) is 17.5 Å². The lowest BCUT2D eigenvalue weighted by Gasteiger charge is -2.37. The van der Waals surface area contributed by atoms with Gasteiger partial charge in [0.25, 0.3) is 0 Å². The normalized spacial score (nSPS) is 22.0. The summed E-state index contributed by atoms with van der Waals surface area (Å²) in [6.07, 6.45) is 1.62. The standard InChI is InChI=1S/C25H28N6O5S/c1-15-21(24(34)36-2)19(28-22(27-15)23-26-6-9-37-23)14-29-7-8-30-18(12-29)13-31(25(30)35)17-5-3-4-16(10-17)11-20(32)33/h3-6,9-10,15,18H,7-8,11-14H2,1-2H3,(H,27,28)(H,32,33)/t15-,18-/m0/s1. The van der Waals surface area contributed by atoms with Gasteiger partial charge in [-0.15, -0.1) is 11.3 Å². The highest BCUT2D eigenvalue weighted by Gasteiger charge is 2.42. The highest BCUT2D eigenvalue weighted by Crippen LogP contribution is 2.28. The lowest BCUT2D eigenvalue weighted by Crippen LogP contribution is -2.53. The van der Waals surface area contributed by atoms with Crippen molar-refractivity contribution < 1.29 is 24.2 Å². The van der Waals surface area contributed by atoms with Crippen molar-refractivity contribution in [2.24, 2.45) is 4.99 Å². The van der Waals surface area contributed by atoms with E-state index in [0.29, 0.717) is 55.4 Å². The van der Waals surface area contributed by atoms with Gasteiger partial charge in [-0.25, -0.2) is 14.6 Å². The van der Waals surface area contributed by atoms with Gasteiger partial charge >= 0.3 is 18.0 Å². The summed E-state index contributed by atoms with van der Waals surface area (Å²) in [6, 6.07) is 6.64. The Balaban J connectivity index is 1.32. The van der Waals surface area contributed by atoms with E-state index >= 15 is 0 Å². The van der Waals surface area contributed by atoms with Gasteiger partial charge in [-0.1, -0.05) is 12.1 Å². The Labute approximate surface area is 218 Å². The van der Waals surface area contributed by atoms with Crippen LogP contribution >= 0.6 is 11.3 Å². The highest BCUT2D eigenvalue weighted by atomic mass is 32.1. The third kappa shape index (κ3) is 5.07. The minimum Gasteiger partial charge on any atom is -0.481 e. The minimum atomic E-state index is -0.910. The topological polar surface area (TPSA) is 128 Å². The first-order chi connectivity index (χ1) is 17.8. The maximum absolute atomic E-state index is 13.2. The molecule has 2 saturated heterocycles. The molecule has 2 amide bonds. The molecule has 0 spiro atoms. The molecule has 11 nitrogen and oxygen atoms in total. The summed E-state index contributed by atoms with van der Waals surface area (Å²) in [5.41, 5.74) is 2.58. The molecule has 0 unspecified atom stereocenters. The Morgan fingerprint density at radius 1 is 1.27 bits per heavy atom. The molecular formula is C25H28N6O5S. The summed E-state index contributed by atoms with van der Waals surface area (Å²) < 4.78 is 5.05. The Morgan fingerprint density at radius 2 is 2.11 bits per heavy atom. The quantitative estimate of drug-likeness (QED) is 0.523. The fourth-order valence-corrected chi connectivity index (χ4v) is 5.68. The van der Waals surface area contributed by atoms with Crippen molar-refractivity contribution in [3.8, 4) is 0 Å². The fraction of sp³-hybridized carbons (Fsp3) is 0.400. The molecule has 2 atom stereocenters. The van der Waals surface area contributed by atoms with Gasteiger partial charge in [-0.3, -0.25) is 19.6 Å². The molecule has 0 bridgehead atoms. The van der Waals surface area contributed by atoms with Crippen LogP contribution in [0.25, 0.3) is 0 Å². The SMILES string of the molecule is COC(=O)C1=C(CN2CCN3C(=O)N(c4cccc(CC(=O)O)c4)C[C@@H]3C2)NC(c2nccs2)=N[C@H]1C. The van der Waals surface area contributed by atoms with Gasteiger partial charge in [-0.05, 0) is 24.6 Å². The van der Waals surface area contributed by atoms with Gasteiger partial charge in [-0.2, -0.15) is 0 Å². The van der Waals surface area contributed by atoms with Gasteiger partial charge in [0, 0.05) is 55.7 Å². The summed E-state index contributed by atoms with van der Waals surface area (Å²) >= 11 is 1.47. The van der Waals surface area contributed by atoms with E-state index in [1.165, 1.54) is 18.4 Å². The molecule has 3 aliphatic heterocycles. The first kappa shape index (κ1) is 24.9. The Kier molecular flexibility index (Phi) is 6.94. The van der Waals surface area contributed by atoms with Gasteiger partial charge in [0.2, 0.25) is 0 Å². The molecule has 12 heteroatoms. The number of nitrogens with zero attached hydrogens (tertiary/aromatic N) is 5. The van der Waals surface area contributed by atoms with Crippen molar-refractivity contribution >= 4 is 40.8 Å². The average molecular weight is 525 g/mol. The van der Waals surface area contributed by atoms with Gasteiger partial charge in [0.05, 0.1) is 31.2 Å². The summed E-state index contributed by atoms with van der Waals surface area (Å²) in [5, 5.41) is 15.1. The number of esters is 1. The molecular weight excluding hydrogens is 496 g/mol. The molecule has 0 aliphatic carbocycles. The highest BCUT2D eigenvalue weighted by molar-refractivity contribution is 7.11. The van der Waals surface area contributed by atoms with E-state index in [0.717, 1.165) is 10.7 Å². The van der Waals surface area contributed by atoms with E-state index in [1.807, 2.05) is 23.3 Å². The van der Waals surface area contributed by atoms with Crippen LogP contribution in [0.3, 0.4) is 0 Å². The first-order valence-corrected chi connectivity index (χ1v) is 12.9. The molecule has 5 rings (SSSR count). The van der Waals surface area contributed by atoms with E-state index in [4.69, 9.17) is 9.84 Å². The molecule has 2 aromatic rings. The molecule has 194 valence electrons. The van der Waals surface area contributed by atoms with Crippen LogP contribution in [-0.2, 0) is 20.7 Å². The second-order valence-corrected chi connectivity index (χ2v) is 10.1. The number of carbonyl (C=O) groups excluding carboxylic acids is 2. The number of carboxylic acid groups (broad SMARTS) is 1. The van der Waals surface area contributed by atoms with E-state index in [2.05, 4.69) is 20.2 Å². The van der Waals surface area contributed by atoms with Gasteiger partial charge in [0.15, 0.2) is 10.8 Å². The Hall–Kier alpha value is -3.77. The van der Waals surface area contributed by atoms with E-state index in [9.17, 15) is 14.4 Å². The number of carboxylic acids is 1. The number of hydrogen-bond acceptors (Lipinski definition) is 9. The zero-order valence-corrected chi connectivity index (χ0v) is 21.4. The smallest absolute Gasteiger partial charge is 0.337 e. The molecule has 1 aromatic carbocycles. The van der Waals surface area contributed by atoms with Crippen molar-refractivity contribution in [1.82, 2.24) is 20.1 Å². The van der Waals surface area contributed by atoms with Crippen LogP contribution in [0.2, 0.25) is 0 Å². The van der Waals surface area contributed by atoms with Crippen molar-refractivity contribution in [2.45, 2.75) is 25.4 Å². The number of urea groups is 1. The number of aliphatic carboxylic acids is 1. The summed E-state index contributed by atoms with van der Waals surface area (Å²) in [7, 11) is 1.36. The van der Waals surface area contributed by atoms with Crippen LogP contribution in [0.4, 0.5) is 10.5 Å². The van der Waals surface area contributed by atoms with Gasteiger partial charge < -0.3 is 20.1 Å². The van der Waals surface area contributed by atoms with Crippen molar-refractivity contribution in [3.63, 3.8) is 0 Å². The van der Waals surface area contributed by atoms with Crippen molar-refractivity contribution in [2.75, 3.05) is 44.7 Å². The predicted molar refractivity (Wildman–Crippen MR) is 138 cm³/mol. The largest absolute Gasteiger partial charge is 0.481 e. The summed E-state index contributed by atoms with van der Waals surface area (Å²) in [5.74, 6) is -0.696. The average Bonchev–Trinajstić information content (AvgIpc) is 3.52. The monoisotopic (exact) mass is 524 g/mol. The second-order valence-electron chi connectivity index (χ2n) is 9.22. The van der Waals surface area contributed by atoms with E-state index < -0.39 is 11.9 Å². The Morgan fingerprint density at radius 3 is 2.84 bits per heavy atom. The van der Waals surface area contributed by atoms with Crippen LogP contribution < -0.4 is 10.2 Å². The number of carbonyl (C=O) groups is 3. The van der Waals surface area contributed by atoms with Crippen LogP contribution in [0.5, 0.6) is 0 Å². The molecule has 1 aromatic heterocycles.